The fraction of sp³-hybridized carbons (Fsp3) is 0.176. The van der Waals surface area contributed by atoms with Crippen molar-refractivity contribution in [1.29, 1.82) is 0 Å². The Morgan fingerprint density at radius 2 is 1.45 bits per heavy atom. The van der Waals surface area contributed by atoms with Gasteiger partial charge < -0.3 is 19.7 Å². The lowest BCUT2D eigenvalue weighted by Crippen LogP contribution is -2.29. The van der Waals surface area contributed by atoms with Crippen LogP contribution in [0.15, 0.2) is 36.4 Å². The Bertz CT molecular complexity index is 682. The maximum Gasteiger partial charge on any atom is 0.242 e. The third-order valence-corrected chi connectivity index (χ3v) is 3.63. The van der Waals surface area contributed by atoms with Crippen molar-refractivity contribution in [3.8, 4) is 23.0 Å². The van der Waals surface area contributed by atoms with E-state index in [1.807, 2.05) is 6.08 Å². The molecule has 0 spiro atoms. The first-order valence-corrected chi connectivity index (χ1v) is 10.4. The molecule has 0 bridgehead atoms. The quantitative estimate of drug-likeness (QED) is 0.584. The zero-order valence-electron chi connectivity index (χ0n) is 12.9. The van der Waals surface area contributed by atoms with Gasteiger partial charge in [0.15, 0.2) is 0 Å². The number of hydrogen-bond acceptors (Lipinski definition) is 4. The summed E-state index contributed by atoms with van der Waals surface area (Å²) < 4.78 is 5.98. The average Bonchev–Trinajstić information content (AvgIpc) is 2.34. The van der Waals surface area contributed by atoms with E-state index in [1.165, 1.54) is 6.07 Å². The molecule has 0 atom stereocenters. The summed E-state index contributed by atoms with van der Waals surface area (Å²) in [5, 5.41) is 28.6. The summed E-state index contributed by atoms with van der Waals surface area (Å²) in [5.74, 6) is 0.785. The predicted octanol–water partition coefficient (Wildman–Crippen LogP) is 4.19. The Labute approximate surface area is 131 Å². The average molecular weight is 316 g/mol. The van der Waals surface area contributed by atoms with E-state index in [0.717, 1.165) is 5.56 Å². The molecule has 5 heteroatoms. The monoisotopic (exact) mass is 316 g/mol. The maximum absolute atomic E-state index is 9.64. The molecule has 0 radical (unpaired) electrons. The van der Waals surface area contributed by atoms with Crippen LogP contribution in [0.25, 0.3) is 12.2 Å². The van der Waals surface area contributed by atoms with Gasteiger partial charge in [-0.2, -0.15) is 0 Å². The minimum Gasteiger partial charge on any atom is -0.544 e. The highest BCUT2D eigenvalue weighted by Gasteiger charge is 2.18. The van der Waals surface area contributed by atoms with E-state index in [9.17, 15) is 15.3 Å². The van der Waals surface area contributed by atoms with Crippen molar-refractivity contribution in [2.75, 3.05) is 0 Å². The van der Waals surface area contributed by atoms with E-state index in [4.69, 9.17) is 4.43 Å². The Hall–Kier alpha value is -2.40. The second-order valence-electron chi connectivity index (χ2n) is 6.05. The fourth-order valence-corrected chi connectivity index (χ4v) is 2.82. The van der Waals surface area contributed by atoms with Crippen molar-refractivity contribution >= 4 is 20.5 Å². The van der Waals surface area contributed by atoms with Crippen LogP contribution in [-0.4, -0.2) is 23.6 Å². The summed E-state index contributed by atoms with van der Waals surface area (Å²) in [5.41, 5.74) is 1.49. The highest BCUT2D eigenvalue weighted by molar-refractivity contribution is 6.70. The minimum absolute atomic E-state index is 0.00364. The number of rotatable bonds is 4. The fourth-order valence-electron chi connectivity index (χ4n) is 1.98. The van der Waals surface area contributed by atoms with Gasteiger partial charge in [-0.15, -0.1) is 0 Å². The van der Waals surface area contributed by atoms with Crippen LogP contribution in [0.1, 0.15) is 11.1 Å². The molecule has 3 N–H and O–H groups in total. The van der Waals surface area contributed by atoms with Crippen molar-refractivity contribution in [3.05, 3.63) is 47.5 Å². The number of aromatic hydroxyl groups is 3. The van der Waals surface area contributed by atoms with E-state index in [1.54, 1.807) is 36.4 Å². The van der Waals surface area contributed by atoms with Gasteiger partial charge in [0.1, 0.15) is 23.0 Å². The maximum atomic E-state index is 9.64. The molecule has 4 nitrogen and oxygen atoms in total. The molecule has 0 heterocycles. The van der Waals surface area contributed by atoms with Gasteiger partial charge in [-0.05, 0) is 49.5 Å². The first kappa shape index (κ1) is 16.0. The summed E-state index contributed by atoms with van der Waals surface area (Å²) >= 11 is 0. The molecule has 0 unspecified atom stereocenters. The van der Waals surface area contributed by atoms with Crippen molar-refractivity contribution in [2.45, 2.75) is 19.6 Å². The molecule has 0 aliphatic rings. The van der Waals surface area contributed by atoms with Gasteiger partial charge in [0, 0.05) is 17.7 Å². The summed E-state index contributed by atoms with van der Waals surface area (Å²) in [6, 6.07) is 9.33. The van der Waals surface area contributed by atoms with Crippen LogP contribution in [0.4, 0.5) is 0 Å². The number of hydrogen-bond donors (Lipinski definition) is 3. The Balaban J connectivity index is 2.34. The largest absolute Gasteiger partial charge is 0.544 e. The van der Waals surface area contributed by atoms with E-state index < -0.39 is 8.32 Å². The van der Waals surface area contributed by atoms with Crippen molar-refractivity contribution in [2.24, 2.45) is 0 Å². The van der Waals surface area contributed by atoms with Crippen LogP contribution < -0.4 is 4.43 Å². The van der Waals surface area contributed by atoms with Crippen molar-refractivity contribution in [1.82, 2.24) is 0 Å². The topological polar surface area (TPSA) is 69.9 Å². The molecular weight excluding hydrogens is 296 g/mol. The molecule has 0 fully saturated rings. The molecule has 0 amide bonds. The van der Waals surface area contributed by atoms with Gasteiger partial charge in [-0.25, -0.2) is 0 Å². The van der Waals surface area contributed by atoms with E-state index in [-0.39, 0.29) is 17.2 Å². The number of phenols is 3. The third-order valence-electron chi connectivity index (χ3n) is 2.79. The van der Waals surface area contributed by atoms with Crippen LogP contribution in [0.3, 0.4) is 0 Å². The standard InChI is InChI=1S/C17H20O4Si/c1-22(2,3)21-17-11-14(18)7-6-13(17)5-4-12-8-15(19)10-16(20)9-12/h4-11,18-20H,1-3H3. The van der Waals surface area contributed by atoms with E-state index >= 15 is 0 Å². The summed E-state index contributed by atoms with van der Waals surface area (Å²) in [6.45, 7) is 6.20. The van der Waals surface area contributed by atoms with Crippen LogP contribution in [-0.2, 0) is 0 Å². The minimum atomic E-state index is -1.80. The predicted molar refractivity (Wildman–Crippen MR) is 90.8 cm³/mol. The van der Waals surface area contributed by atoms with E-state index in [0.29, 0.717) is 11.3 Å². The normalized spacial score (nSPS) is 11.8. The second kappa shape index (κ2) is 6.15. The first-order chi connectivity index (χ1) is 10.2. The molecule has 2 aromatic carbocycles. The molecule has 0 aliphatic heterocycles. The number of phenolic OH excluding ortho intramolecular Hbond substituents is 3. The summed E-state index contributed by atoms with van der Waals surface area (Å²) in [4.78, 5) is 0. The van der Waals surface area contributed by atoms with Crippen LogP contribution in [0, 0.1) is 0 Å². The van der Waals surface area contributed by atoms with Crippen LogP contribution in [0.5, 0.6) is 23.0 Å². The third kappa shape index (κ3) is 4.56. The zero-order valence-corrected chi connectivity index (χ0v) is 13.9. The highest BCUT2D eigenvalue weighted by atomic mass is 28.4. The Morgan fingerprint density at radius 3 is 2.05 bits per heavy atom. The Kier molecular flexibility index (Phi) is 4.47. The Morgan fingerprint density at radius 1 is 0.818 bits per heavy atom. The van der Waals surface area contributed by atoms with Gasteiger partial charge in [0.2, 0.25) is 8.32 Å². The number of benzene rings is 2. The molecule has 2 aromatic rings. The molecule has 0 saturated carbocycles. The molecule has 116 valence electrons. The molecule has 22 heavy (non-hydrogen) atoms. The van der Waals surface area contributed by atoms with Gasteiger partial charge in [0.25, 0.3) is 0 Å². The smallest absolute Gasteiger partial charge is 0.242 e. The molecular formula is C17H20O4Si. The van der Waals surface area contributed by atoms with Crippen LogP contribution in [0.2, 0.25) is 19.6 Å². The zero-order chi connectivity index (χ0) is 16.3. The van der Waals surface area contributed by atoms with Gasteiger partial charge >= 0.3 is 0 Å². The molecule has 2 rings (SSSR count). The second-order valence-corrected chi connectivity index (χ2v) is 10.5. The van der Waals surface area contributed by atoms with Gasteiger partial charge in [0.05, 0.1) is 0 Å². The van der Waals surface area contributed by atoms with Crippen molar-refractivity contribution < 1.29 is 19.7 Å². The lowest BCUT2D eigenvalue weighted by molar-refractivity contribution is 0.450. The van der Waals surface area contributed by atoms with Gasteiger partial charge in [-0.1, -0.05) is 12.2 Å². The highest BCUT2D eigenvalue weighted by Crippen LogP contribution is 2.29. The van der Waals surface area contributed by atoms with Crippen LogP contribution >= 0.6 is 0 Å². The van der Waals surface area contributed by atoms with Gasteiger partial charge in [-0.3, -0.25) is 0 Å². The van der Waals surface area contributed by atoms with E-state index in [2.05, 4.69) is 19.6 Å². The SMILES string of the molecule is C[Si](C)(C)Oc1cc(O)ccc1C=Cc1cc(O)cc(O)c1. The molecule has 0 saturated heterocycles. The molecule has 0 aliphatic carbocycles. The van der Waals surface area contributed by atoms with Crippen molar-refractivity contribution in [3.63, 3.8) is 0 Å². The first-order valence-electron chi connectivity index (χ1n) is 6.96. The lowest BCUT2D eigenvalue weighted by Gasteiger charge is -2.21. The summed E-state index contributed by atoms with van der Waals surface area (Å²) in [6.07, 6.45) is 3.59. The molecule has 0 aromatic heterocycles. The lowest BCUT2D eigenvalue weighted by atomic mass is 10.1. The summed E-state index contributed by atoms with van der Waals surface area (Å²) in [7, 11) is -1.80.